The highest BCUT2D eigenvalue weighted by atomic mass is 35.5. The highest BCUT2D eigenvalue weighted by molar-refractivity contribution is 6.30. The number of aldehydes is 1. The van der Waals surface area contributed by atoms with Gasteiger partial charge in [0.1, 0.15) is 12.9 Å². The number of aromatic nitrogens is 2. The van der Waals surface area contributed by atoms with Crippen LogP contribution >= 0.6 is 11.6 Å². The van der Waals surface area contributed by atoms with Gasteiger partial charge in [0.05, 0.1) is 5.70 Å². The first-order valence-electron chi connectivity index (χ1n) is 7.08. The van der Waals surface area contributed by atoms with E-state index in [9.17, 15) is 4.79 Å². The van der Waals surface area contributed by atoms with Crippen molar-refractivity contribution in [3.63, 3.8) is 0 Å². The van der Waals surface area contributed by atoms with Crippen molar-refractivity contribution in [2.75, 3.05) is 20.2 Å². The van der Waals surface area contributed by atoms with E-state index in [0.29, 0.717) is 34.5 Å². The number of carbonyl (C=O) groups is 1. The lowest BCUT2D eigenvalue weighted by atomic mass is 10.2. The Kier molecular flexibility index (Phi) is 8.88. The molecule has 0 aliphatic heterocycles. The van der Waals surface area contributed by atoms with Crippen molar-refractivity contribution in [3.8, 4) is 6.01 Å². The van der Waals surface area contributed by atoms with Crippen LogP contribution in [-0.2, 0) is 0 Å². The Balaban J connectivity index is 0.000000272. The van der Waals surface area contributed by atoms with Crippen molar-refractivity contribution in [1.82, 2.24) is 15.3 Å². The summed E-state index contributed by atoms with van der Waals surface area (Å²) in [5.74, 6) is 0. The lowest BCUT2D eigenvalue weighted by Gasteiger charge is -2.04. The van der Waals surface area contributed by atoms with Crippen LogP contribution < -0.4 is 21.5 Å². The summed E-state index contributed by atoms with van der Waals surface area (Å²) in [6.07, 6.45) is 5.23. The van der Waals surface area contributed by atoms with Crippen LogP contribution in [0.2, 0.25) is 5.02 Å². The third kappa shape index (κ3) is 7.08. The van der Waals surface area contributed by atoms with Crippen molar-refractivity contribution >= 4 is 23.6 Å². The van der Waals surface area contributed by atoms with Crippen LogP contribution in [0.5, 0.6) is 6.01 Å². The van der Waals surface area contributed by atoms with Gasteiger partial charge in [-0.25, -0.2) is 9.97 Å². The van der Waals surface area contributed by atoms with Crippen LogP contribution in [0.1, 0.15) is 15.9 Å². The van der Waals surface area contributed by atoms with Crippen molar-refractivity contribution < 1.29 is 9.53 Å². The van der Waals surface area contributed by atoms with Crippen LogP contribution in [0.3, 0.4) is 0 Å². The van der Waals surface area contributed by atoms with Crippen LogP contribution in [0, 0.1) is 0 Å². The highest BCUT2D eigenvalue weighted by Gasteiger charge is 1.99. The number of nitrogens with two attached hydrogens (primary N) is 2. The van der Waals surface area contributed by atoms with Gasteiger partial charge in [0.15, 0.2) is 0 Å². The van der Waals surface area contributed by atoms with Gasteiger partial charge in [-0.2, -0.15) is 0 Å². The van der Waals surface area contributed by atoms with E-state index in [1.54, 1.807) is 36.7 Å². The van der Waals surface area contributed by atoms with Gasteiger partial charge in [-0.05, 0) is 19.2 Å². The smallest absolute Gasteiger partial charge is 0.316 e. The molecule has 0 unspecified atom stereocenters. The van der Waals surface area contributed by atoms with E-state index in [0.717, 1.165) is 12.8 Å². The Hall–Kier alpha value is -2.64. The van der Waals surface area contributed by atoms with Gasteiger partial charge < -0.3 is 21.5 Å². The third-order valence-corrected chi connectivity index (χ3v) is 2.98. The first-order chi connectivity index (χ1) is 11.6. The second-order valence-electron chi connectivity index (χ2n) is 4.50. The number of halogens is 1. The molecule has 0 saturated carbocycles. The van der Waals surface area contributed by atoms with Gasteiger partial charge >= 0.3 is 6.01 Å². The number of hydrogen-bond donors (Lipinski definition) is 3. The molecule has 0 atom stereocenters. The average molecular weight is 350 g/mol. The molecule has 24 heavy (non-hydrogen) atoms. The van der Waals surface area contributed by atoms with Crippen molar-refractivity contribution in [3.05, 3.63) is 59.0 Å². The maximum atomic E-state index is 10.1. The monoisotopic (exact) mass is 349 g/mol. The third-order valence-electron chi connectivity index (χ3n) is 2.73. The highest BCUT2D eigenvalue weighted by Crippen LogP contribution is 2.08. The van der Waals surface area contributed by atoms with Crippen molar-refractivity contribution in [2.45, 2.75) is 0 Å². The van der Waals surface area contributed by atoms with Crippen molar-refractivity contribution in [2.24, 2.45) is 11.5 Å². The predicted molar refractivity (Wildman–Crippen MR) is 94.6 cm³/mol. The average Bonchev–Trinajstić information content (AvgIpc) is 2.63. The van der Waals surface area contributed by atoms with Crippen LogP contribution in [-0.4, -0.2) is 36.5 Å². The molecule has 0 fully saturated rings. The lowest BCUT2D eigenvalue weighted by molar-refractivity contribution is 0.112. The Labute approximate surface area is 145 Å². The zero-order chi connectivity index (χ0) is 17.8. The molecule has 0 aliphatic carbocycles. The van der Waals surface area contributed by atoms with E-state index in [-0.39, 0.29) is 0 Å². The number of benzene rings is 1. The van der Waals surface area contributed by atoms with Crippen LogP contribution in [0.25, 0.3) is 5.70 Å². The first-order valence-corrected chi connectivity index (χ1v) is 7.46. The summed E-state index contributed by atoms with van der Waals surface area (Å²) in [5, 5.41) is 3.60. The van der Waals surface area contributed by atoms with Gasteiger partial charge in [0.2, 0.25) is 0 Å². The second-order valence-corrected chi connectivity index (χ2v) is 4.93. The minimum Gasteiger partial charge on any atom is -0.462 e. The van der Waals surface area contributed by atoms with Gasteiger partial charge in [0, 0.05) is 41.3 Å². The fourth-order valence-electron chi connectivity index (χ4n) is 1.42. The lowest BCUT2D eigenvalue weighted by Crippen LogP contribution is -2.16. The summed E-state index contributed by atoms with van der Waals surface area (Å²) in [6, 6.07) is 7.06. The number of rotatable bonds is 6. The number of likely N-dealkylation sites (N-methyl/N-ethyl adjacent to an activating group) is 1. The fraction of sp³-hybridized carbons (Fsp3) is 0.188. The molecule has 1 aromatic heterocycles. The maximum Gasteiger partial charge on any atom is 0.316 e. The quantitative estimate of drug-likeness (QED) is 0.533. The van der Waals surface area contributed by atoms with Gasteiger partial charge in [-0.3, -0.25) is 4.79 Å². The van der Waals surface area contributed by atoms with Gasteiger partial charge in [0.25, 0.3) is 0 Å². The summed E-state index contributed by atoms with van der Waals surface area (Å²) < 4.78 is 5.24. The SMILES string of the molecule is CNCCOc1ncc(/C(N)=C/N)cn1.O=Cc1ccc(Cl)cc1. The summed E-state index contributed by atoms with van der Waals surface area (Å²) in [7, 11) is 1.85. The van der Waals surface area contributed by atoms with Crippen molar-refractivity contribution in [1.29, 1.82) is 0 Å². The predicted octanol–water partition coefficient (Wildman–Crippen LogP) is 1.44. The normalized spacial score (nSPS) is 10.5. The second kappa shape index (κ2) is 11.0. The van der Waals surface area contributed by atoms with E-state index in [4.69, 9.17) is 27.8 Å². The Bertz CT molecular complexity index is 645. The van der Waals surface area contributed by atoms with Gasteiger partial charge in [-0.1, -0.05) is 23.7 Å². The Morgan fingerprint density at radius 3 is 2.42 bits per heavy atom. The summed E-state index contributed by atoms with van der Waals surface area (Å²) >= 11 is 5.55. The molecular weight excluding hydrogens is 330 g/mol. The summed E-state index contributed by atoms with van der Waals surface area (Å²) in [5.41, 5.74) is 12.6. The number of hydrogen-bond acceptors (Lipinski definition) is 7. The molecule has 2 aromatic rings. The number of nitrogens with one attached hydrogen (secondary N) is 1. The number of carbonyl (C=O) groups excluding carboxylic acids is 1. The molecule has 0 bridgehead atoms. The Morgan fingerprint density at radius 2 is 1.92 bits per heavy atom. The van der Waals surface area contributed by atoms with Gasteiger partial charge in [-0.15, -0.1) is 0 Å². The molecular formula is C16H20ClN5O2. The van der Waals surface area contributed by atoms with E-state index >= 15 is 0 Å². The minimum atomic E-state index is 0.332. The van der Waals surface area contributed by atoms with E-state index < -0.39 is 0 Å². The van der Waals surface area contributed by atoms with Crippen LogP contribution in [0.4, 0.5) is 0 Å². The standard InChI is InChI=1S/C9H15N5O.C7H5ClO/c1-12-2-3-15-9-13-5-7(6-14-9)8(11)4-10;8-7-3-1-6(5-9)2-4-7/h4-6,12H,2-3,10-11H2,1H3;1-5H/b8-4-;. The number of ether oxygens (including phenoxy) is 1. The largest absolute Gasteiger partial charge is 0.462 e. The first kappa shape index (κ1) is 19.4. The van der Waals surface area contributed by atoms with Crippen LogP contribution in [0.15, 0.2) is 42.9 Å². The molecule has 7 nitrogen and oxygen atoms in total. The molecule has 0 spiro atoms. The number of nitrogens with zero attached hydrogens (tertiary/aromatic N) is 2. The molecule has 128 valence electrons. The molecule has 0 radical (unpaired) electrons. The summed E-state index contributed by atoms with van der Waals surface area (Å²) in [4.78, 5) is 18.0. The van der Waals surface area contributed by atoms with E-state index in [2.05, 4.69) is 15.3 Å². The zero-order valence-corrected chi connectivity index (χ0v) is 14.0. The summed E-state index contributed by atoms with van der Waals surface area (Å²) in [6.45, 7) is 1.27. The van der Waals surface area contributed by atoms with E-state index in [1.807, 2.05) is 7.05 Å². The molecule has 0 saturated heterocycles. The molecule has 1 heterocycles. The molecule has 1 aromatic carbocycles. The molecule has 2 rings (SSSR count). The fourth-order valence-corrected chi connectivity index (χ4v) is 1.55. The molecule has 8 heteroatoms. The zero-order valence-electron chi connectivity index (χ0n) is 13.3. The van der Waals surface area contributed by atoms with E-state index in [1.165, 1.54) is 6.20 Å². The minimum absolute atomic E-state index is 0.332. The molecule has 0 amide bonds. The molecule has 5 N–H and O–H groups in total. The molecule has 0 aliphatic rings. The topological polar surface area (TPSA) is 116 Å². The maximum absolute atomic E-state index is 10.1. The Morgan fingerprint density at radius 1 is 1.29 bits per heavy atom.